The van der Waals surface area contributed by atoms with Gasteiger partial charge >= 0.3 is 5.97 Å². The molecule has 1 aromatic carbocycles. The topological polar surface area (TPSA) is 197 Å². The average molecular weight is 437 g/mol. The Morgan fingerprint density at radius 2 is 1.48 bits per heavy atom. The lowest BCUT2D eigenvalue weighted by Gasteiger charge is -2.24. The normalized spacial score (nSPS) is 13.5. The number of aliphatic hydroxyl groups excluding tert-OH is 1. The predicted molar refractivity (Wildman–Crippen MR) is 113 cm³/mol. The molecule has 0 saturated carbocycles. The SMILES string of the molecule is NCCCCC(NC(=O)C(Cc1ccccc1)NC(=O)CN)C(=O)NC(CO)C(=O)O. The first-order valence-corrected chi connectivity index (χ1v) is 10.00. The first-order valence-electron chi connectivity index (χ1n) is 10.00. The Balaban J connectivity index is 2.96. The molecule has 11 nitrogen and oxygen atoms in total. The molecule has 9 N–H and O–H groups in total. The molecule has 3 atom stereocenters. The zero-order valence-electron chi connectivity index (χ0n) is 17.3. The Hall–Kier alpha value is -3.02. The summed E-state index contributed by atoms with van der Waals surface area (Å²) in [7, 11) is 0. The molecule has 0 aliphatic carbocycles. The molecule has 0 radical (unpaired) electrons. The highest BCUT2D eigenvalue weighted by Crippen LogP contribution is 2.06. The highest BCUT2D eigenvalue weighted by Gasteiger charge is 2.29. The van der Waals surface area contributed by atoms with Gasteiger partial charge in [0.25, 0.3) is 0 Å². The van der Waals surface area contributed by atoms with E-state index in [1.807, 2.05) is 6.07 Å². The maximum Gasteiger partial charge on any atom is 0.328 e. The van der Waals surface area contributed by atoms with Crippen molar-refractivity contribution < 1.29 is 29.4 Å². The molecule has 0 aliphatic heterocycles. The molecular weight excluding hydrogens is 406 g/mol. The summed E-state index contributed by atoms with van der Waals surface area (Å²) in [5.74, 6) is -3.31. The largest absolute Gasteiger partial charge is 0.480 e. The summed E-state index contributed by atoms with van der Waals surface area (Å²) < 4.78 is 0. The van der Waals surface area contributed by atoms with Crippen LogP contribution in [0.3, 0.4) is 0 Å². The number of amides is 3. The lowest BCUT2D eigenvalue weighted by atomic mass is 10.0. The van der Waals surface area contributed by atoms with Crippen molar-refractivity contribution in [2.75, 3.05) is 19.7 Å². The fraction of sp³-hybridized carbons (Fsp3) is 0.500. The number of aliphatic carboxylic acids is 1. The molecular formula is C20H31N5O6. The van der Waals surface area contributed by atoms with Crippen LogP contribution in [0.1, 0.15) is 24.8 Å². The number of aliphatic hydroxyl groups is 1. The van der Waals surface area contributed by atoms with E-state index in [0.29, 0.717) is 19.4 Å². The molecule has 0 fully saturated rings. The molecule has 172 valence electrons. The number of carboxylic acids is 1. The van der Waals surface area contributed by atoms with Crippen LogP contribution in [0.5, 0.6) is 0 Å². The zero-order valence-corrected chi connectivity index (χ0v) is 17.3. The minimum absolute atomic E-state index is 0.171. The van der Waals surface area contributed by atoms with Crippen LogP contribution in [-0.2, 0) is 25.6 Å². The molecule has 3 amide bonds. The Kier molecular flexibility index (Phi) is 11.8. The number of hydrogen-bond donors (Lipinski definition) is 7. The predicted octanol–water partition coefficient (Wildman–Crippen LogP) is -2.15. The molecule has 0 heterocycles. The monoisotopic (exact) mass is 437 g/mol. The van der Waals surface area contributed by atoms with E-state index >= 15 is 0 Å². The highest BCUT2D eigenvalue weighted by atomic mass is 16.4. The van der Waals surface area contributed by atoms with E-state index < -0.39 is 48.4 Å². The van der Waals surface area contributed by atoms with Crippen LogP contribution in [-0.4, -0.2) is 71.7 Å². The van der Waals surface area contributed by atoms with E-state index in [1.54, 1.807) is 24.3 Å². The van der Waals surface area contributed by atoms with E-state index in [0.717, 1.165) is 5.56 Å². The Morgan fingerprint density at radius 3 is 2.03 bits per heavy atom. The molecule has 1 aromatic rings. The van der Waals surface area contributed by atoms with Crippen LogP contribution < -0.4 is 27.4 Å². The van der Waals surface area contributed by atoms with Gasteiger partial charge in [-0.1, -0.05) is 30.3 Å². The maximum absolute atomic E-state index is 12.9. The minimum Gasteiger partial charge on any atom is -0.480 e. The molecule has 11 heteroatoms. The van der Waals surface area contributed by atoms with Gasteiger partial charge in [0.2, 0.25) is 17.7 Å². The lowest BCUT2D eigenvalue weighted by Crippen LogP contribution is -2.57. The number of carbonyl (C=O) groups is 4. The number of benzene rings is 1. The van der Waals surface area contributed by atoms with Crippen LogP contribution >= 0.6 is 0 Å². The molecule has 0 aliphatic rings. The van der Waals surface area contributed by atoms with Crippen molar-refractivity contribution in [1.29, 1.82) is 0 Å². The van der Waals surface area contributed by atoms with Crippen LogP contribution in [0.4, 0.5) is 0 Å². The minimum atomic E-state index is -1.50. The van der Waals surface area contributed by atoms with Crippen LogP contribution in [0, 0.1) is 0 Å². The quantitative estimate of drug-likeness (QED) is 0.160. The maximum atomic E-state index is 12.9. The van der Waals surface area contributed by atoms with E-state index in [9.17, 15) is 19.2 Å². The Morgan fingerprint density at radius 1 is 0.871 bits per heavy atom. The summed E-state index contributed by atoms with van der Waals surface area (Å²) >= 11 is 0. The van der Waals surface area contributed by atoms with Gasteiger partial charge in [0.05, 0.1) is 13.2 Å². The summed E-state index contributed by atoms with van der Waals surface area (Å²) in [6, 6.07) is 5.42. The van der Waals surface area contributed by atoms with Crippen LogP contribution in [0.2, 0.25) is 0 Å². The van der Waals surface area contributed by atoms with Gasteiger partial charge in [-0.25, -0.2) is 4.79 Å². The van der Waals surface area contributed by atoms with Crippen LogP contribution in [0.25, 0.3) is 0 Å². The first kappa shape index (κ1) is 26.0. The number of unbranched alkanes of at least 4 members (excludes halogenated alkanes) is 1. The van der Waals surface area contributed by atoms with E-state index in [-0.39, 0.29) is 19.4 Å². The summed E-state index contributed by atoms with van der Waals surface area (Å²) in [5, 5.41) is 25.5. The van der Waals surface area contributed by atoms with Crippen molar-refractivity contribution in [2.45, 2.75) is 43.8 Å². The summed E-state index contributed by atoms with van der Waals surface area (Å²) in [5.41, 5.74) is 11.6. The molecule has 0 saturated heterocycles. The van der Waals surface area contributed by atoms with Gasteiger partial charge in [-0.15, -0.1) is 0 Å². The van der Waals surface area contributed by atoms with Crippen molar-refractivity contribution in [1.82, 2.24) is 16.0 Å². The second-order valence-corrected chi connectivity index (χ2v) is 6.94. The number of carbonyl (C=O) groups excluding carboxylic acids is 3. The highest BCUT2D eigenvalue weighted by molar-refractivity contribution is 5.93. The number of rotatable bonds is 14. The average Bonchev–Trinajstić information content (AvgIpc) is 2.76. The zero-order chi connectivity index (χ0) is 23.2. The lowest BCUT2D eigenvalue weighted by molar-refractivity contribution is -0.143. The summed E-state index contributed by atoms with van der Waals surface area (Å²) in [6.07, 6.45) is 1.48. The van der Waals surface area contributed by atoms with Gasteiger partial charge in [-0.3, -0.25) is 14.4 Å². The van der Waals surface area contributed by atoms with Crippen molar-refractivity contribution in [3.05, 3.63) is 35.9 Å². The Bertz CT molecular complexity index is 730. The molecule has 1 rings (SSSR count). The van der Waals surface area contributed by atoms with Gasteiger partial charge in [0.1, 0.15) is 18.1 Å². The molecule has 0 aromatic heterocycles. The second-order valence-electron chi connectivity index (χ2n) is 6.94. The van der Waals surface area contributed by atoms with Gasteiger partial charge in [-0.2, -0.15) is 0 Å². The number of nitrogens with two attached hydrogens (primary N) is 2. The molecule has 3 unspecified atom stereocenters. The van der Waals surface area contributed by atoms with E-state index in [2.05, 4.69) is 16.0 Å². The smallest absolute Gasteiger partial charge is 0.328 e. The van der Waals surface area contributed by atoms with Gasteiger partial charge in [0, 0.05) is 6.42 Å². The molecule has 0 bridgehead atoms. The fourth-order valence-corrected chi connectivity index (χ4v) is 2.80. The van der Waals surface area contributed by atoms with Crippen molar-refractivity contribution >= 4 is 23.7 Å². The number of carboxylic acid groups (broad SMARTS) is 1. The third kappa shape index (κ3) is 9.55. The van der Waals surface area contributed by atoms with Crippen LogP contribution in [0.15, 0.2) is 30.3 Å². The summed E-state index contributed by atoms with van der Waals surface area (Å²) in [4.78, 5) is 48.4. The Labute approximate surface area is 180 Å². The first-order chi connectivity index (χ1) is 14.8. The number of nitrogens with one attached hydrogen (secondary N) is 3. The summed E-state index contributed by atoms with van der Waals surface area (Å²) in [6.45, 7) is -0.719. The standard InChI is InChI=1S/C20H31N5O6/c21-9-5-4-8-14(18(28)25-16(12-26)20(30)31)24-19(29)15(23-17(27)11-22)10-13-6-2-1-3-7-13/h1-3,6-7,14-16,26H,4-5,8-12,21-22H2,(H,23,27)(H,24,29)(H,25,28)(H,30,31). The van der Waals surface area contributed by atoms with Gasteiger partial charge in [0.15, 0.2) is 0 Å². The van der Waals surface area contributed by atoms with Crippen molar-refractivity contribution in [2.24, 2.45) is 11.5 Å². The van der Waals surface area contributed by atoms with E-state index in [1.165, 1.54) is 0 Å². The second kappa shape index (κ2) is 14.1. The third-order valence-electron chi connectivity index (χ3n) is 4.50. The fourth-order valence-electron chi connectivity index (χ4n) is 2.80. The molecule has 0 spiro atoms. The van der Waals surface area contributed by atoms with Gasteiger partial charge < -0.3 is 37.6 Å². The third-order valence-corrected chi connectivity index (χ3v) is 4.50. The van der Waals surface area contributed by atoms with E-state index in [4.69, 9.17) is 21.7 Å². The van der Waals surface area contributed by atoms with Gasteiger partial charge in [-0.05, 0) is 31.4 Å². The van der Waals surface area contributed by atoms with Crippen molar-refractivity contribution in [3.63, 3.8) is 0 Å². The number of hydrogen-bond acceptors (Lipinski definition) is 7. The van der Waals surface area contributed by atoms with Crippen molar-refractivity contribution in [3.8, 4) is 0 Å². The molecule has 31 heavy (non-hydrogen) atoms.